The molecule has 3 amide bonds. The molecule has 2 N–H and O–H groups in total. The van der Waals surface area contributed by atoms with Crippen LogP contribution >= 0.6 is 0 Å². The summed E-state index contributed by atoms with van der Waals surface area (Å²) in [5, 5.41) is 6.69. The van der Waals surface area contributed by atoms with Crippen molar-refractivity contribution in [1.82, 2.24) is 10.2 Å². The summed E-state index contributed by atoms with van der Waals surface area (Å²) >= 11 is 0. The van der Waals surface area contributed by atoms with Crippen molar-refractivity contribution in [3.63, 3.8) is 0 Å². The van der Waals surface area contributed by atoms with Crippen LogP contribution < -0.4 is 10.6 Å². The highest BCUT2D eigenvalue weighted by molar-refractivity contribution is 6.15. The van der Waals surface area contributed by atoms with Crippen molar-refractivity contribution in [2.24, 2.45) is 11.8 Å². The predicted molar refractivity (Wildman–Crippen MR) is 134 cm³/mol. The number of nitrogens with one attached hydrogen (secondary N) is 2. The van der Waals surface area contributed by atoms with Gasteiger partial charge in [0.15, 0.2) is 0 Å². The zero-order valence-corrected chi connectivity index (χ0v) is 20.3. The number of carbonyl (C=O) groups excluding carboxylic acids is 3. The van der Waals surface area contributed by atoms with Crippen molar-refractivity contribution in [2.75, 3.05) is 5.32 Å². The Balaban J connectivity index is 1.46. The third-order valence-corrected chi connectivity index (χ3v) is 8.74. The van der Waals surface area contributed by atoms with Crippen LogP contribution in [0.1, 0.15) is 62.1 Å². The number of para-hydroxylation sites is 1. The normalized spacial score (nSPS) is 30.5. The topological polar surface area (TPSA) is 78.5 Å². The number of hydrogen-bond donors (Lipinski definition) is 2. The molecule has 1 spiro atoms. The summed E-state index contributed by atoms with van der Waals surface area (Å²) in [7, 11) is 0. The van der Waals surface area contributed by atoms with Crippen LogP contribution in [0.15, 0.2) is 48.5 Å². The number of benzene rings is 2. The molecule has 6 rings (SSSR count). The van der Waals surface area contributed by atoms with Gasteiger partial charge < -0.3 is 5.32 Å². The Morgan fingerprint density at radius 1 is 0.914 bits per heavy atom. The van der Waals surface area contributed by atoms with Gasteiger partial charge in [-0.2, -0.15) is 0 Å². The Labute approximate surface area is 206 Å². The molecule has 35 heavy (non-hydrogen) atoms. The fraction of sp³-hybridized carbons (Fsp3) is 0.483. The molecule has 3 fully saturated rings. The summed E-state index contributed by atoms with van der Waals surface area (Å²) in [6.07, 6.45) is 7.48. The quantitative estimate of drug-likeness (QED) is 0.523. The number of aryl methyl sites for hydroxylation is 1. The van der Waals surface area contributed by atoms with E-state index in [0.29, 0.717) is 6.42 Å². The number of likely N-dealkylation sites (tertiary alicyclic amines) is 1. The molecule has 1 saturated carbocycles. The molecule has 1 aliphatic carbocycles. The van der Waals surface area contributed by atoms with E-state index in [1.54, 1.807) is 4.90 Å². The third kappa shape index (κ3) is 3.29. The van der Waals surface area contributed by atoms with Gasteiger partial charge in [0.25, 0.3) is 0 Å². The van der Waals surface area contributed by atoms with Gasteiger partial charge in [0.05, 0.1) is 11.8 Å². The number of fused-ring (bicyclic) bond motifs is 4. The second-order valence-corrected chi connectivity index (χ2v) is 10.6. The van der Waals surface area contributed by atoms with Crippen molar-refractivity contribution in [1.29, 1.82) is 0 Å². The highest BCUT2D eigenvalue weighted by atomic mass is 16.2. The minimum atomic E-state index is -1.21. The molecule has 0 bridgehead atoms. The van der Waals surface area contributed by atoms with E-state index in [-0.39, 0.29) is 29.8 Å². The van der Waals surface area contributed by atoms with E-state index in [1.165, 1.54) is 0 Å². The molecule has 2 aromatic carbocycles. The van der Waals surface area contributed by atoms with E-state index < -0.39 is 17.4 Å². The average Bonchev–Trinajstić information content (AvgIpc) is 3.33. The van der Waals surface area contributed by atoms with Crippen LogP contribution in [0.5, 0.6) is 0 Å². The predicted octanol–water partition coefficient (Wildman–Crippen LogP) is 3.93. The van der Waals surface area contributed by atoms with Crippen molar-refractivity contribution in [3.8, 4) is 0 Å². The molecule has 2 saturated heterocycles. The first-order valence-electron chi connectivity index (χ1n) is 13.2. The molecule has 6 heteroatoms. The molecular weight excluding hydrogens is 438 g/mol. The number of imide groups is 1. The number of carbonyl (C=O) groups is 3. The monoisotopic (exact) mass is 471 g/mol. The Morgan fingerprint density at radius 2 is 1.66 bits per heavy atom. The van der Waals surface area contributed by atoms with Crippen LogP contribution in [-0.4, -0.2) is 34.7 Å². The second kappa shape index (κ2) is 8.59. The van der Waals surface area contributed by atoms with E-state index in [9.17, 15) is 14.4 Å². The van der Waals surface area contributed by atoms with Gasteiger partial charge in [-0.1, -0.05) is 81.1 Å². The smallest absolute Gasteiger partial charge is 0.250 e. The minimum Gasteiger partial charge on any atom is -0.324 e. The molecule has 0 aromatic heterocycles. The summed E-state index contributed by atoms with van der Waals surface area (Å²) < 4.78 is 0. The number of amides is 3. The van der Waals surface area contributed by atoms with Crippen molar-refractivity contribution in [3.05, 3.63) is 65.2 Å². The molecule has 4 aliphatic rings. The zero-order chi connectivity index (χ0) is 24.2. The van der Waals surface area contributed by atoms with E-state index in [2.05, 4.69) is 17.6 Å². The summed E-state index contributed by atoms with van der Waals surface area (Å²) in [5.41, 5.74) is 2.55. The Morgan fingerprint density at radius 3 is 2.37 bits per heavy atom. The highest BCUT2D eigenvalue weighted by Gasteiger charge is 2.70. The Hall–Kier alpha value is -2.99. The highest BCUT2D eigenvalue weighted by Crippen LogP contribution is 2.54. The number of rotatable bonds is 4. The number of anilines is 1. The fourth-order valence-corrected chi connectivity index (χ4v) is 7.13. The molecule has 3 aliphatic heterocycles. The van der Waals surface area contributed by atoms with Crippen LogP contribution in [0.2, 0.25) is 0 Å². The third-order valence-electron chi connectivity index (χ3n) is 8.74. The Kier molecular flexibility index (Phi) is 5.52. The van der Waals surface area contributed by atoms with Crippen molar-refractivity contribution in [2.45, 2.75) is 75.9 Å². The molecular formula is C29H33N3O3. The maximum absolute atomic E-state index is 14.2. The standard InChI is InChI=1S/C29H33N3O3/c1-2-19-13-10-16-21-25(19)30-28(35)29(21)24-23(22(31-29)17-18-11-6-5-7-12-18)26(33)32(27(24)34)20-14-8-3-4-9-15-20/h5-7,10-13,16,20,22-24,31H,2-4,8-9,14-15,17H2,1H3,(H,30,35). The van der Waals surface area contributed by atoms with Crippen LogP contribution in [0.3, 0.4) is 0 Å². The summed E-state index contributed by atoms with van der Waals surface area (Å²) in [6.45, 7) is 2.06. The van der Waals surface area contributed by atoms with Gasteiger partial charge in [-0.25, -0.2) is 0 Å². The molecule has 2 aromatic rings. The number of hydrogen-bond acceptors (Lipinski definition) is 4. The lowest BCUT2D eigenvalue weighted by molar-refractivity contribution is -0.145. The van der Waals surface area contributed by atoms with Gasteiger partial charge in [0.2, 0.25) is 17.7 Å². The van der Waals surface area contributed by atoms with Crippen molar-refractivity contribution < 1.29 is 14.4 Å². The first kappa shape index (κ1) is 22.5. The lowest BCUT2D eigenvalue weighted by Gasteiger charge is -2.32. The van der Waals surface area contributed by atoms with Crippen LogP contribution in [0.4, 0.5) is 5.69 Å². The van der Waals surface area contributed by atoms with Crippen LogP contribution in [0.25, 0.3) is 0 Å². The first-order valence-corrected chi connectivity index (χ1v) is 13.2. The van der Waals surface area contributed by atoms with Crippen LogP contribution in [-0.2, 0) is 32.8 Å². The van der Waals surface area contributed by atoms with E-state index >= 15 is 0 Å². The van der Waals surface area contributed by atoms with Gasteiger partial charge >= 0.3 is 0 Å². The molecule has 6 nitrogen and oxygen atoms in total. The lowest BCUT2D eigenvalue weighted by Crippen LogP contribution is -2.54. The van der Waals surface area contributed by atoms with Gasteiger partial charge in [-0.3, -0.25) is 24.6 Å². The zero-order valence-electron chi connectivity index (χ0n) is 20.3. The maximum atomic E-state index is 14.2. The minimum absolute atomic E-state index is 0.0524. The average molecular weight is 472 g/mol. The van der Waals surface area contributed by atoms with Gasteiger partial charge in [0, 0.05) is 23.3 Å². The fourth-order valence-electron chi connectivity index (χ4n) is 7.13. The van der Waals surface area contributed by atoms with Gasteiger partial charge in [0.1, 0.15) is 5.54 Å². The molecule has 182 valence electrons. The SMILES string of the molecule is CCc1cccc2c1NC(=O)C21NC(Cc2ccccc2)C2C(=O)N(C3CCCCCC3)C(=O)C21. The summed E-state index contributed by atoms with van der Waals surface area (Å²) in [5.74, 6) is -1.74. The van der Waals surface area contributed by atoms with E-state index in [1.807, 2.05) is 48.5 Å². The summed E-state index contributed by atoms with van der Waals surface area (Å²) in [6, 6.07) is 15.6. The van der Waals surface area contributed by atoms with Crippen LogP contribution in [0, 0.1) is 11.8 Å². The second-order valence-electron chi connectivity index (χ2n) is 10.6. The van der Waals surface area contributed by atoms with Gasteiger partial charge in [-0.05, 0) is 36.8 Å². The largest absolute Gasteiger partial charge is 0.324 e. The Bertz CT molecular complexity index is 1170. The number of nitrogens with zero attached hydrogens (tertiary/aromatic N) is 1. The van der Waals surface area contributed by atoms with E-state index in [4.69, 9.17) is 0 Å². The molecule has 4 atom stereocenters. The van der Waals surface area contributed by atoms with Gasteiger partial charge in [-0.15, -0.1) is 0 Å². The molecule has 4 unspecified atom stereocenters. The van der Waals surface area contributed by atoms with E-state index in [0.717, 1.165) is 67.3 Å². The van der Waals surface area contributed by atoms with Crippen molar-refractivity contribution >= 4 is 23.4 Å². The first-order chi connectivity index (χ1) is 17.1. The lowest BCUT2D eigenvalue weighted by atomic mass is 9.76. The molecule has 3 heterocycles. The molecule has 0 radical (unpaired) electrons. The maximum Gasteiger partial charge on any atom is 0.250 e. The summed E-state index contributed by atoms with van der Waals surface area (Å²) in [4.78, 5) is 43.6.